The van der Waals surface area contributed by atoms with Gasteiger partial charge < -0.3 is 4.90 Å². The lowest BCUT2D eigenvalue weighted by molar-refractivity contribution is 0.0693. The van der Waals surface area contributed by atoms with Gasteiger partial charge in [-0.05, 0) is 30.3 Å². The maximum Gasteiger partial charge on any atom is 0.256 e. The first-order valence-electron chi connectivity index (χ1n) is 7.89. The molecule has 1 fully saturated rings. The highest BCUT2D eigenvalue weighted by Crippen LogP contribution is 2.27. The molecule has 144 valence electrons. The zero-order valence-electron chi connectivity index (χ0n) is 13.8. The Kier molecular flexibility index (Phi) is 5.71. The summed E-state index contributed by atoms with van der Waals surface area (Å²) in [5, 5.41) is 0.366. The summed E-state index contributed by atoms with van der Waals surface area (Å²) in [6.45, 7) is 0.237. The van der Waals surface area contributed by atoms with Crippen molar-refractivity contribution in [2.45, 2.75) is 4.90 Å². The Hall–Kier alpha value is -1.74. The molecule has 0 atom stereocenters. The number of carbonyl (C=O) groups is 1. The highest BCUT2D eigenvalue weighted by atomic mass is 35.5. The molecule has 10 heteroatoms. The highest BCUT2D eigenvalue weighted by Gasteiger charge is 2.31. The Morgan fingerprint density at radius 3 is 2.19 bits per heavy atom. The van der Waals surface area contributed by atoms with Gasteiger partial charge in [0.15, 0.2) is 0 Å². The van der Waals surface area contributed by atoms with Crippen molar-refractivity contribution >= 4 is 39.1 Å². The van der Waals surface area contributed by atoms with Crippen molar-refractivity contribution in [3.63, 3.8) is 0 Å². The van der Waals surface area contributed by atoms with Crippen LogP contribution >= 0.6 is 23.2 Å². The predicted molar refractivity (Wildman–Crippen MR) is 97.5 cm³/mol. The molecule has 0 N–H and O–H groups in total. The number of rotatable bonds is 3. The first-order valence-corrected chi connectivity index (χ1v) is 10.1. The summed E-state index contributed by atoms with van der Waals surface area (Å²) >= 11 is 11.7. The van der Waals surface area contributed by atoms with E-state index < -0.39 is 27.6 Å². The van der Waals surface area contributed by atoms with Crippen LogP contribution in [0.25, 0.3) is 0 Å². The smallest absolute Gasteiger partial charge is 0.256 e. The first kappa shape index (κ1) is 20.0. The van der Waals surface area contributed by atoms with E-state index in [9.17, 15) is 22.0 Å². The number of carbonyl (C=O) groups excluding carboxylic acids is 1. The van der Waals surface area contributed by atoms with Crippen LogP contribution in [0.2, 0.25) is 10.0 Å². The maximum absolute atomic E-state index is 13.8. The third-order valence-corrected chi connectivity index (χ3v) is 6.85. The quantitative estimate of drug-likeness (QED) is 0.743. The Labute approximate surface area is 165 Å². The topological polar surface area (TPSA) is 57.7 Å². The van der Waals surface area contributed by atoms with Gasteiger partial charge in [0.1, 0.15) is 11.6 Å². The summed E-state index contributed by atoms with van der Waals surface area (Å²) in [5.74, 6) is -2.34. The minimum Gasteiger partial charge on any atom is -0.336 e. The lowest BCUT2D eigenvalue weighted by Crippen LogP contribution is -2.50. The van der Waals surface area contributed by atoms with Gasteiger partial charge in [0.05, 0.1) is 20.5 Å². The van der Waals surface area contributed by atoms with Gasteiger partial charge in [-0.25, -0.2) is 17.2 Å². The second-order valence-electron chi connectivity index (χ2n) is 5.90. The number of sulfonamides is 1. The van der Waals surface area contributed by atoms with E-state index in [1.165, 1.54) is 27.4 Å². The second-order valence-corrected chi connectivity index (χ2v) is 8.65. The highest BCUT2D eigenvalue weighted by molar-refractivity contribution is 7.89. The summed E-state index contributed by atoms with van der Waals surface area (Å²) in [6, 6.07) is 6.73. The molecule has 0 saturated carbocycles. The number of amides is 1. The molecule has 1 saturated heterocycles. The lowest BCUT2D eigenvalue weighted by Gasteiger charge is -2.34. The van der Waals surface area contributed by atoms with E-state index in [0.29, 0.717) is 6.07 Å². The summed E-state index contributed by atoms with van der Waals surface area (Å²) in [6.07, 6.45) is 0. The molecule has 1 aliphatic heterocycles. The van der Waals surface area contributed by atoms with Crippen LogP contribution in [-0.2, 0) is 10.0 Å². The van der Waals surface area contributed by atoms with Crippen molar-refractivity contribution in [3.05, 3.63) is 63.6 Å². The SMILES string of the molecule is O=C(c1ccc(F)cc1F)N1CCN(S(=O)(=O)c2ccc(Cl)c(Cl)c2)CC1. The fraction of sp³-hybridized carbons (Fsp3) is 0.235. The molecule has 5 nitrogen and oxygen atoms in total. The van der Waals surface area contributed by atoms with Crippen molar-refractivity contribution < 1.29 is 22.0 Å². The van der Waals surface area contributed by atoms with Crippen molar-refractivity contribution in [1.82, 2.24) is 9.21 Å². The molecule has 2 aromatic carbocycles. The average molecular weight is 435 g/mol. The third-order valence-electron chi connectivity index (χ3n) is 4.22. The van der Waals surface area contributed by atoms with Crippen LogP contribution in [0, 0.1) is 11.6 Å². The number of hydrogen-bond acceptors (Lipinski definition) is 3. The van der Waals surface area contributed by atoms with E-state index in [-0.39, 0.29) is 46.7 Å². The molecule has 0 aromatic heterocycles. The summed E-state index contributed by atoms with van der Waals surface area (Å²) < 4.78 is 53.4. The molecule has 0 aliphatic carbocycles. The van der Waals surface area contributed by atoms with Crippen molar-refractivity contribution in [1.29, 1.82) is 0 Å². The van der Waals surface area contributed by atoms with Crippen LogP contribution in [0.5, 0.6) is 0 Å². The normalized spacial score (nSPS) is 15.8. The summed E-state index contributed by atoms with van der Waals surface area (Å²) in [7, 11) is -3.80. The third kappa shape index (κ3) is 4.08. The van der Waals surface area contributed by atoms with Gasteiger partial charge in [0, 0.05) is 32.2 Å². The molecule has 2 aromatic rings. The lowest BCUT2D eigenvalue weighted by atomic mass is 10.1. The van der Waals surface area contributed by atoms with E-state index in [2.05, 4.69) is 0 Å². The Morgan fingerprint density at radius 1 is 0.926 bits per heavy atom. The number of halogens is 4. The molecule has 27 heavy (non-hydrogen) atoms. The number of benzene rings is 2. The van der Waals surface area contributed by atoms with Gasteiger partial charge in [-0.15, -0.1) is 0 Å². The monoisotopic (exact) mass is 434 g/mol. The molecule has 0 unspecified atom stereocenters. The van der Waals surface area contributed by atoms with Gasteiger partial charge in [-0.3, -0.25) is 4.79 Å². The fourth-order valence-electron chi connectivity index (χ4n) is 2.75. The summed E-state index contributed by atoms with van der Waals surface area (Å²) in [5.41, 5.74) is -0.253. The standard InChI is InChI=1S/C17H14Cl2F2N2O3S/c18-14-4-2-12(10-15(14)19)27(25,26)23-7-5-22(6-8-23)17(24)13-3-1-11(20)9-16(13)21/h1-4,9-10H,5-8H2. The van der Waals surface area contributed by atoms with Gasteiger partial charge in [-0.1, -0.05) is 23.2 Å². The van der Waals surface area contributed by atoms with Crippen molar-refractivity contribution in [2.24, 2.45) is 0 Å². The van der Waals surface area contributed by atoms with Gasteiger partial charge >= 0.3 is 0 Å². The van der Waals surface area contributed by atoms with Crippen LogP contribution in [0.4, 0.5) is 8.78 Å². The minimum absolute atomic E-state index is 0.00116. The molecule has 0 bridgehead atoms. The van der Waals surface area contributed by atoms with Crippen LogP contribution < -0.4 is 0 Å². The van der Waals surface area contributed by atoms with Crippen LogP contribution in [0.3, 0.4) is 0 Å². The van der Waals surface area contributed by atoms with Crippen LogP contribution in [0.1, 0.15) is 10.4 Å². The Bertz CT molecular complexity index is 994. The largest absolute Gasteiger partial charge is 0.336 e. The fourth-order valence-corrected chi connectivity index (χ4v) is 4.56. The van der Waals surface area contributed by atoms with E-state index in [0.717, 1.165) is 12.1 Å². The molecular weight excluding hydrogens is 421 g/mol. The number of piperazine rings is 1. The van der Waals surface area contributed by atoms with Gasteiger partial charge in [-0.2, -0.15) is 4.31 Å². The van der Waals surface area contributed by atoms with Gasteiger partial charge in [0.2, 0.25) is 10.0 Å². The number of nitrogens with zero attached hydrogens (tertiary/aromatic N) is 2. The van der Waals surface area contributed by atoms with Gasteiger partial charge in [0.25, 0.3) is 5.91 Å². The Morgan fingerprint density at radius 2 is 1.59 bits per heavy atom. The van der Waals surface area contributed by atoms with Crippen molar-refractivity contribution in [2.75, 3.05) is 26.2 Å². The molecular formula is C17H14Cl2F2N2O3S. The average Bonchev–Trinajstić information content (AvgIpc) is 2.63. The van der Waals surface area contributed by atoms with E-state index >= 15 is 0 Å². The zero-order chi connectivity index (χ0) is 19.8. The Balaban J connectivity index is 1.72. The van der Waals surface area contributed by atoms with E-state index in [1.807, 2.05) is 0 Å². The van der Waals surface area contributed by atoms with Crippen molar-refractivity contribution in [3.8, 4) is 0 Å². The molecule has 1 amide bonds. The second kappa shape index (κ2) is 7.71. The van der Waals surface area contributed by atoms with E-state index in [1.54, 1.807) is 0 Å². The summed E-state index contributed by atoms with van der Waals surface area (Å²) in [4.78, 5) is 13.7. The van der Waals surface area contributed by atoms with E-state index in [4.69, 9.17) is 23.2 Å². The molecule has 0 radical (unpaired) electrons. The molecule has 1 heterocycles. The minimum atomic E-state index is -3.80. The van der Waals surface area contributed by atoms with Crippen LogP contribution in [-0.4, -0.2) is 49.7 Å². The number of hydrogen-bond donors (Lipinski definition) is 0. The maximum atomic E-state index is 13.8. The first-order chi connectivity index (χ1) is 12.7. The van der Waals surface area contributed by atoms with Crippen LogP contribution in [0.15, 0.2) is 41.3 Å². The molecule has 3 rings (SSSR count). The predicted octanol–water partition coefficient (Wildman–Crippen LogP) is 3.42. The molecule has 1 aliphatic rings. The molecule has 0 spiro atoms. The zero-order valence-corrected chi connectivity index (χ0v) is 16.2.